The standard InChI is InChI=1S/C22H30N6O2/c1-16(29)23-19-10-8-17(9-11-19)13-27-12-4-7-20(14-27)28-15-21(25-26-28)22(30)24-18-5-2-3-6-18/h8-11,15,18,20H,2-7,12-14H2,1H3,(H,23,29)(H,24,30)/t20-/m1/s1. The van der Waals surface area contributed by atoms with Crippen LogP contribution in [0.2, 0.25) is 0 Å². The molecule has 1 aliphatic heterocycles. The molecule has 0 bridgehead atoms. The summed E-state index contributed by atoms with van der Waals surface area (Å²) in [4.78, 5) is 26.0. The number of hydrogen-bond acceptors (Lipinski definition) is 5. The number of piperidine rings is 1. The third kappa shape index (κ3) is 5.24. The number of nitrogens with one attached hydrogen (secondary N) is 2. The lowest BCUT2D eigenvalue weighted by Crippen LogP contribution is -2.36. The molecule has 1 aliphatic carbocycles. The molecular weight excluding hydrogens is 380 g/mol. The van der Waals surface area contributed by atoms with Gasteiger partial charge in [0.2, 0.25) is 5.91 Å². The summed E-state index contributed by atoms with van der Waals surface area (Å²) in [6, 6.07) is 8.48. The number of likely N-dealkylation sites (tertiary alicyclic amines) is 1. The lowest BCUT2D eigenvalue weighted by Gasteiger charge is -2.32. The van der Waals surface area contributed by atoms with Crippen LogP contribution in [0.25, 0.3) is 0 Å². The van der Waals surface area contributed by atoms with E-state index in [0.29, 0.717) is 5.69 Å². The molecule has 2 N–H and O–H groups in total. The molecule has 1 saturated carbocycles. The summed E-state index contributed by atoms with van der Waals surface area (Å²) in [5.74, 6) is -0.175. The largest absolute Gasteiger partial charge is 0.348 e. The average Bonchev–Trinajstić information content (AvgIpc) is 3.41. The van der Waals surface area contributed by atoms with Crippen molar-refractivity contribution in [3.05, 3.63) is 41.7 Å². The quantitative estimate of drug-likeness (QED) is 0.764. The third-order valence-electron chi connectivity index (χ3n) is 5.97. The molecule has 8 heteroatoms. The molecular formula is C22H30N6O2. The van der Waals surface area contributed by atoms with Crippen LogP contribution in [-0.4, -0.2) is 50.8 Å². The van der Waals surface area contributed by atoms with Crippen LogP contribution in [0, 0.1) is 0 Å². The Labute approximate surface area is 177 Å². The fraction of sp³-hybridized carbons (Fsp3) is 0.545. The molecule has 1 atom stereocenters. The topological polar surface area (TPSA) is 92.2 Å². The third-order valence-corrected chi connectivity index (χ3v) is 5.97. The van der Waals surface area contributed by atoms with E-state index in [-0.39, 0.29) is 23.9 Å². The van der Waals surface area contributed by atoms with E-state index in [1.165, 1.54) is 25.3 Å². The van der Waals surface area contributed by atoms with Crippen LogP contribution in [-0.2, 0) is 11.3 Å². The summed E-state index contributed by atoms with van der Waals surface area (Å²) < 4.78 is 1.86. The van der Waals surface area contributed by atoms with Crippen LogP contribution >= 0.6 is 0 Å². The minimum atomic E-state index is -0.111. The van der Waals surface area contributed by atoms with Crippen LogP contribution in [0.1, 0.15) is 67.5 Å². The maximum atomic E-state index is 12.4. The van der Waals surface area contributed by atoms with Gasteiger partial charge in [0.05, 0.1) is 12.2 Å². The lowest BCUT2D eigenvalue weighted by molar-refractivity contribution is -0.114. The average molecular weight is 411 g/mol. The maximum absolute atomic E-state index is 12.4. The molecule has 1 saturated heterocycles. The molecule has 2 heterocycles. The minimum absolute atomic E-state index is 0.0641. The zero-order valence-electron chi connectivity index (χ0n) is 17.5. The van der Waals surface area contributed by atoms with Crippen LogP contribution in [0.4, 0.5) is 5.69 Å². The van der Waals surface area contributed by atoms with Gasteiger partial charge in [-0.15, -0.1) is 5.10 Å². The fourth-order valence-electron chi connectivity index (χ4n) is 4.43. The van der Waals surface area contributed by atoms with E-state index in [0.717, 1.165) is 51.0 Å². The van der Waals surface area contributed by atoms with E-state index >= 15 is 0 Å². The zero-order chi connectivity index (χ0) is 20.9. The highest BCUT2D eigenvalue weighted by Crippen LogP contribution is 2.23. The molecule has 0 spiro atoms. The summed E-state index contributed by atoms with van der Waals surface area (Å²) >= 11 is 0. The fourth-order valence-corrected chi connectivity index (χ4v) is 4.43. The van der Waals surface area contributed by atoms with Crippen molar-refractivity contribution in [2.75, 3.05) is 18.4 Å². The molecule has 0 unspecified atom stereocenters. The van der Waals surface area contributed by atoms with Gasteiger partial charge >= 0.3 is 0 Å². The Morgan fingerprint density at radius 1 is 1.10 bits per heavy atom. The summed E-state index contributed by atoms with van der Waals surface area (Å²) in [5, 5.41) is 14.3. The number of aromatic nitrogens is 3. The number of benzene rings is 1. The molecule has 1 aromatic carbocycles. The first-order valence-corrected chi connectivity index (χ1v) is 10.9. The minimum Gasteiger partial charge on any atom is -0.348 e. The molecule has 2 aliphatic rings. The number of amides is 2. The van der Waals surface area contributed by atoms with E-state index in [2.05, 4.69) is 38.0 Å². The second-order valence-electron chi connectivity index (χ2n) is 8.45. The second-order valence-corrected chi connectivity index (χ2v) is 8.45. The van der Waals surface area contributed by atoms with Crippen molar-refractivity contribution in [2.24, 2.45) is 0 Å². The Morgan fingerprint density at radius 3 is 2.60 bits per heavy atom. The van der Waals surface area contributed by atoms with Crippen molar-refractivity contribution in [3.8, 4) is 0 Å². The van der Waals surface area contributed by atoms with Gasteiger partial charge in [-0.25, -0.2) is 4.68 Å². The first kappa shape index (κ1) is 20.5. The van der Waals surface area contributed by atoms with Gasteiger partial charge in [-0.1, -0.05) is 30.2 Å². The van der Waals surface area contributed by atoms with Gasteiger partial charge in [-0.2, -0.15) is 0 Å². The van der Waals surface area contributed by atoms with Crippen LogP contribution in [0.15, 0.2) is 30.5 Å². The van der Waals surface area contributed by atoms with Gasteiger partial charge < -0.3 is 10.6 Å². The summed E-state index contributed by atoms with van der Waals surface area (Å²) in [6.45, 7) is 4.27. The molecule has 2 amide bonds. The van der Waals surface area contributed by atoms with Crippen molar-refractivity contribution >= 4 is 17.5 Å². The molecule has 2 fully saturated rings. The lowest BCUT2D eigenvalue weighted by atomic mass is 10.0. The van der Waals surface area contributed by atoms with Gasteiger partial charge in [-0.05, 0) is 49.9 Å². The first-order valence-electron chi connectivity index (χ1n) is 10.9. The molecule has 2 aromatic rings. The van der Waals surface area contributed by atoms with Gasteiger partial charge in [-0.3, -0.25) is 14.5 Å². The molecule has 1 aromatic heterocycles. The van der Waals surface area contributed by atoms with Crippen LogP contribution < -0.4 is 10.6 Å². The Morgan fingerprint density at radius 2 is 1.87 bits per heavy atom. The molecule has 30 heavy (non-hydrogen) atoms. The van der Waals surface area contributed by atoms with Crippen LogP contribution in [0.3, 0.4) is 0 Å². The number of nitrogens with zero attached hydrogens (tertiary/aromatic N) is 4. The Kier molecular flexibility index (Phi) is 6.42. The number of carbonyl (C=O) groups excluding carboxylic acids is 2. The van der Waals surface area contributed by atoms with E-state index in [4.69, 9.17) is 0 Å². The normalized spacial score (nSPS) is 20.2. The van der Waals surface area contributed by atoms with Crippen LogP contribution in [0.5, 0.6) is 0 Å². The molecule has 4 rings (SSSR count). The number of rotatable bonds is 6. The van der Waals surface area contributed by atoms with Crippen molar-refractivity contribution in [3.63, 3.8) is 0 Å². The Bertz CT molecular complexity index is 872. The molecule has 0 radical (unpaired) electrons. The summed E-state index contributed by atoms with van der Waals surface area (Å²) in [5.41, 5.74) is 2.43. The van der Waals surface area contributed by atoms with Gasteiger partial charge in [0.15, 0.2) is 5.69 Å². The summed E-state index contributed by atoms with van der Waals surface area (Å²) in [6.07, 6.45) is 8.40. The highest BCUT2D eigenvalue weighted by atomic mass is 16.2. The highest BCUT2D eigenvalue weighted by molar-refractivity contribution is 5.92. The Balaban J connectivity index is 1.33. The van der Waals surface area contributed by atoms with Gasteiger partial charge in [0, 0.05) is 31.7 Å². The van der Waals surface area contributed by atoms with E-state index in [9.17, 15) is 9.59 Å². The van der Waals surface area contributed by atoms with Crippen molar-refractivity contribution < 1.29 is 9.59 Å². The smallest absolute Gasteiger partial charge is 0.273 e. The Hall–Kier alpha value is -2.74. The highest BCUT2D eigenvalue weighted by Gasteiger charge is 2.24. The van der Waals surface area contributed by atoms with E-state index in [1.54, 1.807) is 6.20 Å². The van der Waals surface area contributed by atoms with Crippen molar-refractivity contribution in [2.45, 2.75) is 64.1 Å². The zero-order valence-corrected chi connectivity index (χ0v) is 17.5. The predicted molar refractivity (Wildman–Crippen MR) is 114 cm³/mol. The van der Waals surface area contributed by atoms with E-state index in [1.807, 2.05) is 16.8 Å². The number of carbonyl (C=O) groups is 2. The number of hydrogen-bond donors (Lipinski definition) is 2. The monoisotopic (exact) mass is 410 g/mol. The van der Waals surface area contributed by atoms with Crippen molar-refractivity contribution in [1.82, 2.24) is 25.2 Å². The van der Waals surface area contributed by atoms with Crippen molar-refractivity contribution in [1.29, 1.82) is 0 Å². The SMILES string of the molecule is CC(=O)Nc1ccc(CN2CCC[C@@H](n3cc(C(=O)NC4CCCC4)nn3)C2)cc1. The molecule has 160 valence electrons. The van der Waals surface area contributed by atoms with E-state index < -0.39 is 0 Å². The first-order chi connectivity index (χ1) is 14.6. The second kappa shape index (κ2) is 9.38. The van der Waals surface area contributed by atoms with Gasteiger partial charge in [0.25, 0.3) is 5.91 Å². The molecule has 8 nitrogen and oxygen atoms in total. The number of anilines is 1. The van der Waals surface area contributed by atoms with Gasteiger partial charge in [0.1, 0.15) is 0 Å². The summed E-state index contributed by atoms with van der Waals surface area (Å²) in [7, 11) is 0. The maximum Gasteiger partial charge on any atom is 0.273 e. The predicted octanol–water partition coefficient (Wildman–Crippen LogP) is 2.75.